The number of nitrogens with zero attached hydrogens (tertiary/aromatic N) is 1. The largest absolute Gasteiger partial charge is 0.490 e. The van der Waals surface area contributed by atoms with Crippen LogP contribution < -0.4 is 10.2 Å². The number of para-hydroxylation sites is 1. The first-order chi connectivity index (χ1) is 14.6. The lowest BCUT2D eigenvalue weighted by Gasteiger charge is -2.15. The molecule has 1 saturated heterocycles. The van der Waals surface area contributed by atoms with E-state index in [4.69, 9.17) is 25.5 Å². The van der Waals surface area contributed by atoms with E-state index in [1.807, 2.05) is 18.2 Å². The Morgan fingerprint density at radius 3 is 2.73 bits per heavy atom. The first kappa shape index (κ1) is 21.4. The number of ether oxygens (including phenoxy) is 2. The molecule has 2 heterocycles. The molecule has 158 valence electrons. The lowest BCUT2D eigenvalue weighted by Crippen LogP contribution is -2.24. The van der Waals surface area contributed by atoms with E-state index in [0.29, 0.717) is 52.9 Å². The molecule has 1 aliphatic heterocycles. The number of benzene rings is 2. The first-order valence-corrected chi connectivity index (χ1v) is 11.2. The summed E-state index contributed by atoms with van der Waals surface area (Å²) in [6.07, 6.45) is 2.57. The first-order valence-electron chi connectivity index (χ1n) is 10.1. The fourth-order valence-electron chi connectivity index (χ4n) is 3.61. The normalized spacial score (nSPS) is 14.5. The van der Waals surface area contributed by atoms with Gasteiger partial charge in [-0.2, -0.15) is 0 Å². The lowest BCUT2D eigenvalue weighted by molar-refractivity contribution is 0.0847. The Kier molecular flexibility index (Phi) is 7.10. The van der Waals surface area contributed by atoms with Gasteiger partial charge >= 0.3 is 0 Å². The summed E-state index contributed by atoms with van der Waals surface area (Å²) in [6, 6.07) is 12.2. The van der Waals surface area contributed by atoms with E-state index < -0.39 is 0 Å². The van der Waals surface area contributed by atoms with Gasteiger partial charge in [-0.1, -0.05) is 33.6 Å². The molecule has 7 heteroatoms. The van der Waals surface area contributed by atoms with Crippen molar-refractivity contribution in [1.82, 2.24) is 4.90 Å². The fraction of sp³-hybridized carbons (Fsp3) is 0.348. The molecule has 1 aromatic heterocycles. The number of rotatable bonds is 8. The van der Waals surface area contributed by atoms with Crippen LogP contribution in [0, 0.1) is 0 Å². The van der Waals surface area contributed by atoms with Crippen molar-refractivity contribution in [2.45, 2.75) is 12.8 Å². The molecule has 0 spiro atoms. The molecule has 4 rings (SSSR count). The van der Waals surface area contributed by atoms with Crippen LogP contribution in [0.1, 0.15) is 12.8 Å². The van der Waals surface area contributed by atoms with Crippen molar-refractivity contribution in [3.63, 3.8) is 0 Å². The van der Waals surface area contributed by atoms with Crippen LogP contribution in [0.25, 0.3) is 22.3 Å². The van der Waals surface area contributed by atoms with Gasteiger partial charge in [0.15, 0.2) is 11.0 Å². The summed E-state index contributed by atoms with van der Waals surface area (Å²) in [5.41, 5.74) is 0.919. The topological polar surface area (TPSA) is 51.9 Å². The number of hydrogen-bond donors (Lipinski definition) is 0. The molecular weight excluding hydrogens is 470 g/mol. The standard InChI is InChI=1S/C23H23BrClNO4/c24-16-6-7-18(22-15-20(27)17-4-3-5-19(25)23(17)30-22)21(14-16)29-13-12-28-11-10-26-8-1-2-9-26/h3-7,14-15H,1-2,8-13H2. The van der Waals surface area contributed by atoms with Crippen LogP contribution in [0.2, 0.25) is 5.02 Å². The van der Waals surface area contributed by atoms with Crippen molar-refractivity contribution in [2.75, 3.05) is 39.5 Å². The minimum Gasteiger partial charge on any atom is -0.490 e. The molecule has 0 amide bonds. The summed E-state index contributed by atoms with van der Waals surface area (Å²) in [6.45, 7) is 4.90. The average molecular weight is 493 g/mol. The van der Waals surface area contributed by atoms with Gasteiger partial charge in [-0.25, -0.2) is 0 Å². The Balaban J connectivity index is 1.46. The zero-order chi connectivity index (χ0) is 20.9. The van der Waals surface area contributed by atoms with E-state index in [9.17, 15) is 4.79 Å². The van der Waals surface area contributed by atoms with Gasteiger partial charge in [-0.05, 0) is 56.3 Å². The van der Waals surface area contributed by atoms with Crippen LogP contribution in [-0.2, 0) is 4.74 Å². The summed E-state index contributed by atoms with van der Waals surface area (Å²) in [5, 5.41) is 0.856. The summed E-state index contributed by atoms with van der Waals surface area (Å²) >= 11 is 9.72. The Bertz CT molecular complexity index is 1080. The monoisotopic (exact) mass is 491 g/mol. The van der Waals surface area contributed by atoms with Gasteiger partial charge in [0.05, 0.1) is 29.2 Å². The Hall–Kier alpha value is -1.86. The maximum atomic E-state index is 12.6. The highest BCUT2D eigenvalue weighted by molar-refractivity contribution is 9.10. The van der Waals surface area contributed by atoms with Crippen molar-refractivity contribution in [3.05, 3.63) is 62.2 Å². The fourth-order valence-corrected chi connectivity index (χ4v) is 4.16. The van der Waals surface area contributed by atoms with Crippen LogP contribution in [0.15, 0.2) is 56.1 Å². The van der Waals surface area contributed by atoms with Crippen LogP contribution in [0.5, 0.6) is 5.75 Å². The second-order valence-electron chi connectivity index (χ2n) is 7.24. The maximum Gasteiger partial charge on any atom is 0.193 e. The van der Waals surface area contributed by atoms with Gasteiger partial charge in [0.1, 0.15) is 18.1 Å². The molecule has 0 bridgehead atoms. The lowest BCUT2D eigenvalue weighted by atomic mass is 10.1. The molecule has 5 nitrogen and oxygen atoms in total. The van der Waals surface area contributed by atoms with E-state index in [2.05, 4.69) is 20.8 Å². The van der Waals surface area contributed by atoms with Gasteiger partial charge in [0.2, 0.25) is 0 Å². The second-order valence-corrected chi connectivity index (χ2v) is 8.56. The zero-order valence-electron chi connectivity index (χ0n) is 16.5. The summed E-state index contributed by atoms with van der Waals surface area (Å²) < 4.78 is 18.5. The molecule has 0 aliphatic carbocycles. The summed E-state index contributed by atoms with van der Waals surface area (Å²) in [5.74, 6) is 1.03. The van der Waals surface area contributed by atoms with Crippen molar-refractivity contribution >= 4 is 38.5 Å². The Morgan fingerprint density at radius 2 is 1.90 bits per heavy atom. The number of halogens is 2. The Morgan fingerprint density at radius 1 is 1.07 bits per heavy atom. The highest BCUT2D eigenvalue weighted by Crippen LogP contribution is 2.34. The number of hydrogen-bond acceptors (Lipinski definition) is 5. The van der Waals surface area contributed by atoms with Gasteiger partial charge in [0.25, 0.3) is 0 Å². The molecule has 0 saturated carbocycles. The third-order valence-electron chi connectivity index (χ3n) is 5.15. The van der Waals surface area contributed by atoms with E-state index in [0.717, 1.165) is 11.0 Å². The maximum absolute atomic E-state index is 12.6. The average Bonchev–Trinajstić information content (AvgIpc) is 3.25. The Labute approximate surface area is 188 Å². The summed E-state index contributed by atoms with van der Waals surface area (Å²) in [7, 11) is 0. The minimum atomic E-state index is -0.145. The molecule has 0 atom stereocenters. The molecule has 3 aromatic rings. The van der Waals surface area contributed by atoms with Gasteiger partial charge in [-0.3, -0.25) is 4.79 Å². The minimum absolute atomic E-state index is 0.145. The molecule has 0 radical (unpaired) electrons. The van der Waals surface area contributed by atoms with E-state index in [1.165, 1.54) is 32.0 Å². The SMILES string of the molecule is O=c1cc(-c2ccc(Br)cc2OCCOCCN2CCCC2)oc2c(Cl)cccc12. The molecule has 1 fully saturated rings. The number of fused-ring (bicyclic) bond motifs is 1. The van der Waals surface area contributed by atoms with Gasteiger partial charge in [-0.15, -0.1) is 0 Å². The van der Waals surface area contributed by atoms with Crippen molar-refractivity contribution in [1.29, 1.82) is 0 Å². The van der Waals surface area contributed by atoms with Crippen molar-refractivity contribution < 1.29 is 13.9 Å². The van der Waals surface area contributed by atoms with E-state index in [1.54, 1.807) is 18.2 Å². The van der Waals surface area contributed by atoms with Crippen LogP contribution >= 0.6 is 27.5 Å². The van der Waals surface area contributed by atoms with Crippen molar-refractivity contribution in [2.24, 2.45) is 0 Å². The predicted molar refractivity (Wildman–Crippen MR) is 123 cm³/mol. The number of likely N-dealkylation sites (tertiary alicyclic amines) is 1. The highest BCUT2D eigenvalue weighted by atomic mass is 79.9. The molecule has 2 aromatic carbocycles. The third kappa shape index (κ3) is 5.06. The second kappa shape index (κ2) is 9.96. The quantitative estimate of drug-likeness (QED) is 0.396. The third-order valence-corrected chi connectivity index (χ3v) is 5.94. The zero-order valence-corrected chi connectivity index (χ0v) is 18.9. The van der Waals surface area contributed by atoms with Crippen molar-refractivity contribution in [3.8, 4) is 17.1 Å². The summed E-state index contributed by atoms with van der Waals surface area (Å²) in [4.78, 5) is 15.0. The van der Waals surface area contributed by atoms with Gasteiger partial charge in [0, 0.05) is 17.1 Å². The van der Waals surface area contributed by atoms with E-state index in [-0.39, 0.29) is 5.43 Å². The predicted octanol–water partition coefficient (Wildman–Crippen LogP) is 5.37. The molecular formula is C23H23BrClNO4. The highest BCUT2D eigenvalue weighted by Gasteiger charge is 2.14. The van der Waals surface area contributed by atoms with Crippen LogP contribution in [0.3, 0.4) is 0 Å². The molecule has 30 heavy (non-hydrogen) atoms. The molecule has 1 aliphatic rings. The van der Waals surface area contributed by atoms with Gasteiger partial charge < -0.3 is 18.8 Å². The van der Waals surface area contributed by atoms with Crippen LogP contribution in [-0.4, -0.2) is 44.4 Å². The smallest absolute Gasteiger partial charge is 0.193 e. The van der Waals surface area contributed by atoms with Crippen LogP contribution in [0.4, 0.5) is 0 Å². The van der Waals surface area contributed by atoms with E-state index >= 15 is 0 Å². The molecule has 0 unspecified atom stereocenters. The molecule has 0 N–H and O–H groups in total.